The summed E-state index contributed by atoms with van der Waals surface area (Å²) in [5, 5.41) is 15.5. The minimum atomic E-state index is -1.64. The van der Waals surface area contributed by atoms with E-state index in [0.717, 1.165) is 5.56 Å². The van der Waals surface area contributed by atoms with Crippen LogP contribution in [0.15, 0.2) is 88.8 Å². The van der Waals surface area contributed by atoms with Gasteiger partial charge in [0.25, 0.3) is 0 Å². The standard InChI is InChI=1S/C21H15Cl2N3O/c22-16-11-12-18(17(23)13-16)24-20-21(27,15-9-5-2-6-10-15)26-19(25-20)14-7-3-1-4-8-14/h1-13,27H,(H,24,25,26). The summed E-state index contributed by atoms with van der Waals surface area (Å²) >= 11 is 12.3. The van der Waals surface area contributed by atoms with Crippen LogP contribution in [0.2, 0.25) is 10.0 Å². The fraction of sp³-hybridized carbons (Fsp3) is 0.0476. The van der Waals surface area contributed by atoms with Gasteiger partial charge in [-0.25, -0.2) is 9.98 Å². The Balaban J connectivity index is 1.79. The Morgan fingerprint density at radius 2 is 1.52 bits per heavy atom. The van der Waals surface area contributed by atoms with Crippen LogP contribution in [0.1, 0.15) is 11.1 Å². The highest BCUT2D eigenvalue weighted by atomic mass is 35.5. The zero-order valence-electron chi connectivity index (χ0n) is 14.1. The van der Waals surface area contributed by atoms with Gasteiger partial charge in [0, 0.05) is 16.1 Å². The first-order chi connectivity index (χ1) is 13.1. The van der Waals surface area contributed by atoms with Crippen molar-refractivity contribution in [3.8, 4) is 0 Å². The van der Waals surface area contributed by atoms with E-state index in [0.29, 0.717) is 27.1 Å². The summed E-state index contributed by atoms with van der Waals surface area (Å²) in [4.78, 5) is 9.08. The van der Waals surface area contributed by atoms with Crippen LogP contribution in [0.5, 0.6) is 0 Å². The molecule has 0 amide bonds. The number of anilines is 1. The molecule has 3 aromatic carbocycles. The van der Waals surface area contributed by atoms with Gasteiger partial charge < -0.3 is 10.4 Å². The number of rotatable bonds is 3. The molecule has 0 bridgehead atoms. The number of amidine groups is 2. The summed E-state index contributed by atoms with van der Waals surface area (Å²) in [6.45, 7) is 0. The number of halogens is 2. The number of hydrogen-bond acceptors (Lipinski definition) is 4. The van der Waals surface area contributed by atoms with Gasteiger partial charge in [0.2, 0.25) is 5.72 Å². The van der Waals surface area contributed by atoms with Crippen molar-refractivity contribution in [3.63, 3.8) is 0 Å². The maximum Gasteiger partial charge on any atom is 0.244 e. The van der Waals surface area contributed by atoms with Gasteiger partial charge in [-0.1, -0.05) is 83.9 Å². The van der Waals surface area contributed by atoms with Crippen molar-refractivity contribution in [2.24, 2.45) is 9.98 Å². The Bertz CT molecular complexity index is 1040. The molecule has 0 spiro atoms. The number of nitrogens with zero attached hydrogens (tertiary/aromatic N) is 2. The van der Waals surface area contributed by atoms with Crippen LogP contribution in [0.25, 0.3) is 0 Å². The molecule has 4 nitrogen and oxygen atoms in total. The van der Waals surface area contributed by atoms with E-state index in [9.17, 15) is 5.11 Å². The van der Waals surface area contributed by atoms with Crippen LogP contribution >= 0.6 is 23.2 Å². The molecule has 2 N–H and O–H groups in total. The summed E-state index contributed by atoms with van der Waals surface area (Å²) in [7, 11) is 0. The maximum atomic E-state index is 11.4. The van der Waals surface area contributed by atoms with E-state index in [2.05, 4.69) is 15.3 Å². The molecule has 6 heteroatoms. The first-order valence-electron chi connectivity index (χ1n) is 8.31. The minimum Gasteiger partial charge on any atom is -0.359 e. The molecule has 0 aliphatic carbocycles. The van der Waals surface area contributed by atoms with Crippen LogP contribution in [0, 0.1) is 0 Å². The number of benzene rings is 3. The van der Waals surface area contributed by atoms with E-state index in [-0.39, 0.29) is 5.84 Å². The van der Waals surface area contributed by atoms with Crippen LogP contribution in [-0.2, 0) is 5.72 Å². The normalized spacial score (nSPS) is 18.8. The summed E-state index contributed by atoms with van der Waals surface area (Å²) in [6, 6.07) is 23.8. The molecule has 0 fully saturated rings. The van der Waals surface area contributed by atoms with E-state index in [4.69, 9.17) is 23.2 Å². The largest absolute Gasteiger partial charge is 0.359 e. The van der Waals surface area contributed by atoms with Crippen LogP contribution in [0.4, 0.5) is 5.69 Å². The predicted octanol–water partition coefficient (Wildman–Crippen LogP) is 5.11. The molecule has 3 aromatic rings. The third-order valence-electron chi connectivity index (χ3n) is 4.21. The first-order valence-corrected chi connectivity index (χ1v) is 9.06. The highest BCUT2D eigenvalue weighted by Gasteiger charge is 2.40. The van der Waals surface area contributed by atoms with E-state index in [1.54, 1.807) is 30.3 Å². The van der Waals surface area contributed by atoms with Gasteiger partial charge in [-0.15, -0.1) is 0 Å². The smallest absolute Gasteiger partial charge is 0.244 e. The number of hydrogen-bond donors (Lipinski definition) is 2. The van der Waals surface area contributed by atoms with Gasteiger partial charge in [0.1, 0.15) is 0 Å². The van der Waals surface area contributed by atoms with Gasteiger partial charge >= 0.3 is 0 Å². The van der Waals surface area contributed by atoms with Crippen LogP contribution in [0.3, 0.4) is 0 Å². The lowest BCUT2D eigenvalue weighted by Gasteiger charge is -2.23. The van der Waals surface area contributed by atoms with E-state index in [1.165, 1.54) is 0 Å². The molecule has 0 aromatic heterocycles. The highest BCUT2D eigenvalue weighted by molar-refractivity contribution is 6.37. The Morgan fingerprint density at radius 1 is 0.852 bits per heavy atom. The first kappa shape index (κ1) is 17.7. The van der Waals surface area contributed by atoms with E-state index >= 15 is 0 Å². The molecule has 1 atom stereocenters. The topological polar surface area (TPSA) is 57.0 Å². The van der Waals surface area contributed by atoms with E-state index in [1.807, 2.05) is 48.5 Å². The third-order valence-corrected chi connectivity index (χ3v) is 4.76. The lowest BCUT2D eigenvalue weighted by Crippen LogP contribution is -2.36. The molecule has 0 saturated heterocycles. The molecule has 1 unspecified atom stereocenters. The Morgan fingerprint density at radius 3 is 2.19 bits per heavy atom. The molecule has 1 aliphatic rings. The van der Waals surface area contributed by atoms with Crippen molar-refractivity contribution in [1.29, 1.82) is 0 Å². The highest BCUT2D eigenvalue weighted by Crippen LogP contribution is 2.33. The maximum absolute atomic E-state index is 11.4. The number of aliphatic hydroxyl groups is 1. The Hall–Kier alpha value is -2.66. The summed E-state index contributed by atoms with van der Waals surface area (Å²) in [6.07, 6.45) is 0. The average molecular weight is 396 g/mol. The van der Waals surface area contributed by atoms with Gasteiger partial charge in [0.15, 0.2) is 11.7 Å². The number of nitrogens with one attached hydrogen (secondary N) is 1. The SMILES string of the molecule is OC1(c2ccccc2)N=C(c2ccccc2)N=C1Nc1ccc(Cl)cc1Cl. The molecule has 0 saturated carbocycles. The minimum absolute atomic E-state index is 0.275. The quantitative estimate of drug-likeness (QED) is 0.647. The van der Waals surface area contributed by atoms with E-state index < -0.39 is 5.72 Å². The van der Waals surface area contributed by atoms with Crippen LogP contribution < -0.4 is 5.32 Å². The molecule has 1 aliphatic heterocycles. The van der Waals surface area contributed by atoms with Gasteiger partial charge in [-0.3, -0.25) is 0 Å². The molecular weight excluding hydrogens is 381 g/mol. The van der Waals surface area contributed by atoms with Crippen molar-refractivity contribution >= 4 is 40.6 Å². The fourth-order valence-corrected chi connectivity index (χ4v) is 3.29. The molecule has 4 rings (SSSR count). The Kier molecular flexibility index (Phi) is 4.70. The number of aliphatic imine (C=N–C) groups is 2. The van der Waals surface area contributed by atoms with Gasteiger partial charge in [-0.2, -0.15) is 0 Å². The summed E-state index contributed by atoms with van der Waals surface area (Å²) in [5.74, 6) is 0.714. The molecule has 27 heavy (non-hydrogen) atoms. The Labute approximate surface area is 166 Å². The third kappa shape index (κ3) is 3.47. The average Bonchev–Trinajstić information content (AvgIpc) is 3.03. The van der Waals surface area contributed by atoms with Crippen LogP contribution in [-0.4, -0.2) is 16.8 Å². The zero-order chi connectivity index (χ0) is 18.9. The van der Waals surface area contributed by atoms with Crippen molar-refractivity contribution in [2.45, 2.75) is 5.72 Å². The predicted molar refractivity (Wildman–Crippen MR) is 111 cm³/mol. The lowest BCUT2D eigenvalue weighted by atomic mass is 10.0. The second-order valence-electron chi connectivity index (χ2n) is 6.05. The molecule has 134 valence electrons. The van der Waals surface area contributed by atoms with Crippen molar-refractivity contribution in [1.82, 2.24) is 0 Å². The summed E-state index contributed by atoms with van der Waals surface area (Å²) < 4.78 is 0. The second-order valence-corrected chi connectivity index (χ2v) is 6.89. The molecule has 0 radical (unpaired) electrons. The zero-order valence-corrected chi connectivity index (χ0v) is 15.6. The molecular formula is C21H15Cl2N3O. The van der Waals surface area contributed by atoms with Crippen molar-refractivity contribution in [2.75, 3.05) is 5.32 Å². The lowest BCUT2D eigenvalue weighted by molar-refractivity contribution is 0.125. The second kappa shape index (κ2) is 7.16. The molecule has 1 heterocycles. The van der Waals surface area contributed by atoms with Crippen molar-refractivity contribution in [3.05, 3.63) is 100 Å². The summed E-state index contributed by atoms with van der Waals surface area (Å²) in [5.41, 5.74) is 0.354. The van der Waals surface area contributed by atoms with Crippen molar-refractivity contribution < 1.29 is 5.11 Å². The van der Waals surface area contributed by atoms with Gasteiger partial charge in [-0.05, 0) is 18.2 Å². The fourth-order valence-electron chi connectivity index (χ4n) is 2.84. The van der Waals surface area contributed by atoms with Gasteiger partial charge in [0.05, 0.1) is 10.7 Å². The monoisotopic (exact) mass is 395 g/mol.